The number of hydrogen-bond acceptors (Lipinski definition) is 3. The summed E-state index contributed by atoms with van der Waals surface area (Å²) in [5, 5.41) is 17.3. The van der Waals surface area contributed by atoms with Crippen LogP contribution in [0.2, 0.25) is 5.02 Å². The SMILES string of the molecule is CC(C(=O)NCc1cc(C(C)(C)C)nn1-c1cccc(Cl)c1)c1ccc(CCO)c(F)c1. The zero-order valence-electron chi connectivity index (χ0n) is 18.8. The highest BCUT2D eigenvalue weighted by molar-refractivity contribution is 6.30. The van der Waals surface area contributed by atoms with Crippen LogP contribution in [-0.2, 0) is 23.2 Å². The van der Waals surface area contributed by atoms with Crippen molar-refractivity contribution in [2.24, 2.45) is 0 Å². The molecule has 0 aliphatic heterocycles. The lowest BCUT2D eigenvalue weighted by Gasteiger charge is -2.14. The molecule has 0 saturated carbocycles. The first-order valence-electron chi connectivity index (χ1n) is 10.6. The highest BCUT2D eigenvalue weighted by atomic mass is 35.5. The second-order valence-corrected chi connectivity index (χ2v) is 9.36. The van der Waals surface area contributed by atoms with E-state index in [1.165, 1.54) is 6.07 Å². The molecule has 1 amide bonds. The Balaban J connectivity index is 1.80. The average molecular weight is 458 g/mol. The fraction of sp³-hybridized carbons (Fsp3) is 0.360. The number of nitrogens with zero attached hydrogens (tertiary/aromatic N) is 2. The summed E-state index contributed by atoms with van der Waals surface area (Å²) in [6, 6.07) is 14.1. The highest BCUT2D eigenvalue weighted by Gasteiger charge is 2.22. The molecule has 0 aliphatic rings. The third-order valence-electron chi connectivity index (χ3n) is 5.40. The first-order valence-corrected chi connectivity index (χ1v) is 11.0. The Morgan fingerprint density at radius 3 is 2.59 bits per heavy atom. The van der Waals surface area contributed by atoms with Crippen molar-refractivity contribution in [3.8, 4) is 5.69 Å². The number of rotatable bonds is 7. The Kier molecular flexibility index (Phi) is 7.36. The summed E-state index contributed by atoms with van der Waals surface area (Å²) < 4.78 is 16.0. The Labute approximate surface area is 193 Å². The van der Waals surface area contributed by atoms with E-state index in [9.17, 15) is 9.18 Å². The van der Waals surface area contributed by atoms with E-state index in [4.69, 9.17) is 21.8 Å². The fourth-order valence-corrected chi connectivity index (χ4v) is 3.57. The molecule has 3 aromatic rings. The van der Waals surface area contributed by atoms with Gasteiger partial charge < -0.3 is 10.4 Å². The number of carbonyl (C=O) groups excluding carboxylic acids is 1. The molecule has 1 heterocycles. The maximum atomic E-state index is 14.2. The minimum Gasteiger partial charge on any atom is -0.396 e. The predicted octanol–water partition coefficient (Wildman–Crippen LogP) is 4.92. The van der Waals surface area contributed by atoms with Gasteiger partial charge in [0.15, 0.2) is 0 Å². The normalized spacial score (nSPS) is 12.6. The molecular formula is C25H29ClFN3O2. The number of nitrogens with one attached hydrogen (secondary N) is 1. The molecule has 1 atom stereocenters. The molecule has 0 bridgehead atoms. The number of hydrogen-bond donors (Lipinski definition) is 2. The zero-order valence-corrected chi connectivity index (χ0v) is 19.6. The third kappa shape index (κ3) is 5.56. The fourth-order valence-electron chi connectivity index (χ4n) is 3.38. The van der Waals surface area contributed by atoms with Crippen molar-refractivity contribution >= 4 is 17.5 Å². The molecule has 2 N–H and O–H groups in total. The van der Waals surface area contributed by atoms with Gasteiger partial charge in [-0.05, 0) is 54.8 Å². The quantitative estimate of drug-likeness (QED) is 0.529. The number of aromatic nitrogens is 2. The Bertz CT molecular complexity index is 1100. The topological polar surface area (TPSA) is 67.2 Å². The maximum absolute atomic E-state index is 14.2. The summed E-state index contributed by atoms with van der Waals surface area (Å²) in [6.07, 6.45) is 0.246. The van der Waals surface area contributed by atoms with E-state index >= 15 is 0 Å². The van der Waals surface area contributed by atoms with Crippen molar-refractivity contribution in [1.82, 2.24) is 15.1 Å². The second kappa shape index (κ2) is 9.84. The second-order valence-electron chi connectivity index (χ2n) is 8.93. The summed E-state index contributed by atoms with van der Waals surface area (Å²) in [5.41, 5.74) is 3.39. The van der Waals surface area contributed by atoms with Crippen molar-refractivity contribution in [3.63, 3.8) is 0 Å². The smallest absolute Gasteiger partial charge is 0.227 e. The zero-order chi connectivity index (χ0) is 23.5. The predicted molar refractivity (Wildman–Crippen MR) is 125 cm³/mol. The van der Waals surface area contributed by atoms with Crippen LogP contribution in [0.4, 0.5) is 4.39 Å². The maximum Gasteiger partial charge on any atom is 0.227 e. The van der Waals surface area contributed by atoms with Crippen LogP contribution in [0.25, 0.3) is 5.69 Å². The van der Waals surface area contributed by atoms with Crippen LogP contribution in [0, 0.1) is 5.82 Å². The van der Waals surface area contributed by atoms with Gasteiger partial charge >= 0.3 is 0 Å². The van der Waals surface area contributed by atoms with Crippen molar-refractivity contribution in [2.75, 3.05) is 6.61 Å². The van der Waals surface area contributed by atoms with E-state index < -0.39 is 11.7 Å². The standard InChI is InChI=1S/C25H29ClFN3O2/c1-16(18-9-8-17(10-11-31)22(27)12-18)24(32)28-15-21-14-23(25(2,3)4)29-30(21)20-7-5-6-19(26)13-20/h5-9,12-14,16,31H,10-11,15H2,1-4H3,(H,28,32). The average Bonchev–Trinajstić information content (AvgIpc) is 3.18. The van der Waals surface area contributed by atoms with E-state index in [-0.39, 0.29) is 30.9 Å². The molecule has 32 heavy (non-hydrogen) atoms. The van der Waals surface area contributed by atoms with E-state index in [1.54, 1.807) is 29.8 Å². The van der Waals surface area contributed by atoms with Crippen LogP contribution in [0.3, 0.4) is 0 Å². The van der Waals surface area contributed by atoms with Crippen LogP contribution in [0.5, 0.6) is 0 Å². The van der Waals surface area contributed by atoms with Gasteiger partial charge in [0.2, 0.25) is 5.91 Å². The summed E-state index contributed by atoms with van der Waals surface area (Å²) in [6.45, 7) is 8.13. The van der Waals surface area contributed by atoms with Gasteiger partial charge in [0.1, 0.15) is 5.82 Å². The molecule has 7 heteroatoms. The van der Waals surface area contributed by atoms with E-state index in [0.29, 0.717) is 16.1 Å². The van der Waals surface area contributed by atoms with Crippen LogP contribution in [-0.4, -0.2) is 27.4 Å². The molecule has 5 nitrogen and oxygen atoms in total. The van der Waals surface area contributed by atoms with Gasteiger partial charge in [0, 0.05) is 17.0 Å². The van der Waals surface area contributed by atoms with Crippen LogP contribution in [0.15, 0.2) is 48.5 Å². The molecule has 1 unspecified atom stereocenters. The van der Waals surface area contributed by atoms with Crippen molar-refractivity contribution in [2.45, 2.75) is 52.0 Å². The number of carbonyl (C=O) groups is 1. The lowest BCUT2D eigenvalue weighted by atomic mass is 9.92. The number of halogens is 2. The van der Waals surface area contributed by atoms with Crippen molar-refractivity contribution in [3.05, 3.63) is 81.9 Å². The Morgan fingerprint density at radius 1 is 1.22 bits per heavy atom. The molecule has 0 saturated heterocycles. The number of aliphatic hydroxyl groups excluding tert-OH is 1. The first kappa shape index (κ1) is 24.0. The van der Waals surface area contributed by atoms with E-state index in [0.717, 1.165) is 17.1 Å². The van der Waals surface area contributed by atoms with Gasteiger partial charge in [-0.3, -0.25) is 4.79 Å². The van der Waals surface area contributed by atoms with Crippen LogP contribution >= 0.6 is 11.6 Å². The molecule has 2 aromatic carbocycles. The molecule has 1 aromatic heterocycles. The summed E-state index contributed by atoms with van der Waals surface area (Å²) in [7, 11) is 0. The van der Waals surface area contributed by atoms with Gasteiger partial charge in [-0.2, -0.15) is 5.10 Å². The van der Waals surface area contributed by atoms with Crippen molar-refractivity contribution < 1.29 is 14.3 Å². The van der Waals surface area contributed by atoms with Gasteiger partial charge in [-0.1, -0.05) is 50.6 Å². The number of amides is 1. The van der Waals surface area contributed by atoms with E-state index in [2.05, 4.69) is 26.1 Å². The first-order chi connectivity index (χ1) is 15.1. The van der Waals surface area contributed by atoms with Crippen LogP contribution < -0.4 is 5.32 Å². The summed E-state index contributed by atoms with van der Waals surface area (Å²) >= 11 is 6.17. The van der Waals surface area contributed by atoms with E-state index in [1.807, 2.05) is 24.3 Å². The monoisotopic (exact) mass is 457 g/mol. The van der Waals surface area contributed by atoms with Crippen molar-refractivity contribution in [1.29, 1.82) is 0 Å². The molecule has 3 rings (SSSR count). The molecule has 0 radical (unpaired) electrons. The highest BCUT2D eigenvalue weighted by Crippen LogP contribution is 2.25. The summed E-state index contributed by atoms with van der Waals surface area (Å²) in [4.78, 5) is 12.8. The third-order valence-corrected chi connectivity index (χ3v) is 5.63. The Morgan fingerprint density at radius 2 is 1.97 bits per heavy atom. The number of benzene rings is 2. The Hall–Kier alpha value is -2.70. The lowest BCUT2D eigenvalue weighted by molar-refractivity contribution is -0.122. The van der Waals surface area contributed by atoms with Gasteiger partial charge in [-0.15, -0.1) is 0 Å². The minimum atomic E-state index is -0.530. The largest absolute Gasteiger partial charge is 0.396 e. The minimum absolute atomic E-state index is 0.122. The van der Waals surface area contributed by atoms with Gasteiger partial charge in [0.05, 0.1) is 29.5 Å². The summed E-state index contributed by atoms with van der Waals surface area (Å²) in [5.74, 6) is -1.15. The van der Waals surface area contributed by atoms with Crippen LogP contribution in [0.1, 0.15) is 56.1 Å². The molecule has 170 valence electrons. The molecular weight excluding hydrogens is 429 g/mol. The number of aliphatic hydroxyl groups is 1. The van der Waals surface area contributed by atoms with Gasteiger partial charge in [0.25, 0.3) is 0 Å². The molecule has 0 fully saturated rings. The molecule has 0 aliphatic carbocycles. The van der Waals surface area contributed by atoms with Gasteiger partial charge in [-0.25, -0.2) is 9.07 Å². The lowest BCUT2D eigenvalue weighted by Crippen LogP contribution is -2.28. The molecule has 0 spiro atoms.